The van der Waals surface area contributed by atoms with Gasteiger partial charge < -0.3 is 9.84 Å². The zero-order valence-corrected chi connectivity index (χ0v) is 6.04. The molecule has 10 heavy (non-hydrogen) atoms. The number of ether oxygens (including phenoxy) is 1. The molecule has 0 aromatic rings. The maximum atomic E-state index is 10.8. The molecule has 1 saturated heterocycles. The van der Waals surface area contributed by atoms with E-state index in [1.807, 2.05) is 0 Å². The maximum Gasteiger partial charge on any atom is 0.311 e. The van der Waals surface area contributed by atoms with Crippen LogP contribution in [0.4, 0.5) is 0 Å². The Morgan fingerprint density at radius 1 is 1.70 bits per heavy atom. The highest BCUT2D eigenvalue weighted by molar-refractivity contribution is 5.72. The van der Waals surface area contributed by atoms with E-state index in [4.69, 9.17) is 4.74 Å². The molecule has 2 atom stereocenters. The van der Waals surface area contributed by atoms with E-state index in [1.165, 1.54) is 0 Å². The molecule has 1 aliphatic heterocycles. The molecule has 0 bridgehead atoms. The van der Waals surface area contributed by atoms with Crippen molar-refractivity contribution in [3.63, 3.8) is 0 Å². The Labute approximate surface area is 60.0 Å². The third kappa shape index (κ3) is 1.48. The molecule has 0 aliphatic carbocycles. The highest BCUT2D eigenvalue weighted by Gasteiger charge is 2.25. The van der Waals surface area contributed by atoms with Crippen molar-refractivity contribution in [2.24, 2.45) is 5.92 Å². The first-order valence-electron chi connectivity index (χ1n) is 3.56. The second-order valence-corrected chi connectivity index (χ2v) is 2.67. The van der Waals surface area contributed by atoms with Crippen molar-refractivity contribution in [2.75, 3.05) is 6.61 Å². The molecule has 0 saturated carbocycles. The van der Waals surface area contributed by atoms with E-state index < -0.39 is 6.10 Å². The van der Waals surface area contributed by atoms with Gasteiger partial charge in [-0.25, -0.2) is 0 Å². The molecule has 0 aromatic heterocycles. The summed E-state index contributed by atoms with van der Waals surface area (Å²) in [7, 11) is 0. The number of carbonyl (C=O) groups is 1. The zero-order chi connectivity index (χ0) is 7.56. The number of esters is 1. The molecule has 1 fully saturated rings. The normalized spacial score (nSPS) is 34.8. The van der Waals surface area contributed by atoms with Crippen LogP contribution in [0.1, 0.15) is 19.8 Å². The van der Waals surface area contributed by atoms with Gasteiger partial charge in [0.05, 0.1) is 18.6 Å². The van der Waals surface area contributed by atoms with Crippen LogP contribution in [-0.2, 0) is 9.53 Å². The molecule has 1 heterocycles. The summed E-state index contributed by atoms with van der Waals surface area (Å²) in [6.07, 6.45) is 0.944. The molecule has 58 valence electrons. The minimum atomic E-state index is -0.505. The van der Waals surface area contributed by atoms with Gasteiger partial charge >= 0.3 is 5.97 Å². The lowest BCUT2D eigenvalue weighted by atomic mass is 10.0. The molecule has 1 aliphatic rings. The third-order valence-electron chi connectivity index (χ3n) is 1.84. The average Bonchev–Trinajstić information content (AvgIpc) is 2.04. The summed E-state index contributed by atoms with van der Waals surface area (Å²) in [6.45, 7) is 2.15. The minimum Gasteiger partial charge on any atom is -0.465 e. The fourth-order valence-electron chi connectivity index (χ4n) is 1.00. The van der Waals surface area contributed by atoms with Gasteiger partial charge in [-0.1, -0.05) is 0 Å². The number of aliphatic hydroxyl groups excluding tert-OH is 1. The fourth-order valence-corrected chi connectivity index (χ4v) is 1.00. The summed E-state index contributed by atoms with van der Waals surface area (Å²) in [5, 5.41) is 9.23. The number of hydrogen-bond donors (Lipinski definition) is 1. The highest BCUT2D eigenvalue weighted by Crippen LogP contribution is 2.14. The lowest BCUT2D eigenvalue weighted by Crippen LogP contribution is -2.24. The molecule has 0 aromatic carbocycles. The van der Waals surface area contributed by atoms with Gasteiger partial charge in [0.15, 0.2) is 0 Å². The molecule has 2 unspecified atom stereocenters. The topological polar surface area (TPSA) is 46.5 Å². The maximum absolute atomic E-state index is 10.8. The summed E-state index contributed by atoms with van der Waals surface area (Å²) in [5.41, 5.74) is 0. The number of cyclic esters (lactones) is 1. The predicted octanol–water partition coefficient (Wildman–Crippen LogP) is 0.320. The zero-order valence-electron chi connectivity index (χ0n) is 6.04. The smallest absolute Gasteiger partial charge is 0.311 e. The Morgan fingerprint density at radius 3 is 3.10 bits per heavy atom. The van der Waals surface area contributed by atoms with Crippen LogP contribution >= 0.6 is 0 Å². The fraction of sp³-hybridized carbons (Fsp3) is 0.857. The molecule has 0 spiro atoms. The number of aliphatic hydroxyl groups is 1. The van der Waals surface area contributed by atoms with Gasteiger partial charge in [-0.2, -0.15) is 0 Å². The van der Waals surface area contributed by atoms with E-state index in [9.17, 15) is 9.90 Å². The van der Waals surface area contributed by atoms with Crippen molar-refractivity contribution in [3.05, 3.63) is 0 Å². The molecular formula is C7H12O3. The first kappa shape index (κ1) is 7.54. The van der Waals surface area contributed by atoms with Crippen LogP contribution < -0.4 is 0 Å². The van der Waals surface area contributed by atoms with E-state index in [-0.39, 0.29) is 11.9 Å². The van der Waals surface area contributed by atoms with Crippen LogP contribution in [0, 0.1) is 5.92 Å². The first-order chi connectivity index (χ1) is 4.72. The van der Waals surface area contributed by atoms with Crippen LogP contribution in [0.25, 0.3) is 0 Å². The number of carbonyl (C=O) groups excluding carboxylic acids is 1. The summed E-state index contributed by atoms with van der Waals surface area (Å²) in [6, 6.07) is 0. The molecule has 0 amide bonds. The van der Waals surface area contributed by atoms with Gasteiger partial charge in [-0.15, -0.1) is 0 Å². The Balaban J connectivity index is 2.55. The van der Waals surface area contributed by atoms with Crippen molar-refractivity contribution in [1.82, 2.24) is 0 Å². The third-order valence-corrected chi connectivity index (χ3v) is 1.84. The molecule has 1 rings (SSSR count). The standard InChI is InChI=1S/C7H12O3/c1-5-6(8)3-2-4-10-7(5)9/h5-6,8H,2-4H2,1H3. The lowest BCUT2D eigenvalue weighted by molar-refractivity contribution is -0.149. The van der Waals surface area contributed by atoms with Crippen molar-refractivity contribution in [1.29, 1.82) is 0 Å². The molecule has 3 heteroatoms. The summed E-state index contributed by atoms with van der Waals surface area (Å²) in [4.78, 5) is 10.8. The molecule has 1 N–H and O–H groups in total. The van der Waals surface area contributed by atoms with Gasteiger partial charge in [0.2, 0.25) is 0 Å². The molecular weight excluding hydrogens is 132 g/mol. The number of rotatable bonds is 0. The van der Waals surface area contributed by atoms with Crippen LogP contribution in [0.5, 0.6) is 0 Å². The lowest BCUT2D eigenvalue weighted by Gasteiger charge is -2.10. The predicted molar refractivity (Wildman–Crippen MR) is 35.4 cm³/mol. The largest absolute Gasteiger partial charge is 0.465 e. The van der Waals surface area contributed by atoms with Gasteiger partial charge in [0, 0.05) is 0 Å². The van der Waals surface area contributed by atoms with Gasteiger partial charge in [0.25, 0.3) is 0 Å². The second kappa shape index (κ2) is 3.01. The number of hydrogen-bond acceptors (Lipinski definition) is 3. The van der Waals surface area contributed by atoms with E-state index in [2.05, 4.69) is 0 Å². The molecule has 0 radical (unpaired) electrons. The SMILES string of the molecule is CC1C(=O)OCCCC1O. The van der Waals surface area contributed by atoms with Crippen molar-refractivity contribution in [2.45, 2.75) is 25.9 Å². The van der Waals surface area contributed by atoms with Crippen molar-refractivity contribution >= 4 is 5.97 Å². The minimum absolute atomic E-state index is 0.273. The average molecular weight is 144 g/mol. The highest BCUT2D eigenvalue weighted by atomic mass is 16.5. The van der Waals surface area contributed by atoms with Crippen LogP contribution in [0.15, 0.2) is 0 Å². The Hall–Kier alpha value is -0.570. The van der Waals surface area contributed by atoms with Crippen LogP contribution in [-0.4, -0.2) is 23.8 Å². The quantitative estimate of drug-likeness (QED) is 0.498. The van der Waals surface area contributed by atoms with Gasteiger partial charge in [-0.05, 0) is 19.8 Å². The van der Waals surface area contributed by atoms with E-state index in [0.29, 0.717) is 13.0 Å². The second-order valence-electron chi connectivity index (χ2n) is 2.67. The molecule has 3 nitrogen and oxygen atoms in total. The van der Waals surface area contributed by atoms with Crippen molar-refractivity contribution < 1.29 is 14.6 Å². The first-order valence-corrected chi connectivity index (χ1v) is 3.56. The van der Waals surface area contributed by atoms with E-state index >= 15 is 0 Å². The summed E-state index contributed by atoms with van der Waals surface area (Å²) in [5.74, 6) is -0.618. The Kier molecular flexibility index (Phi) is 2.27. The summed E-state index contributed by atoms with van der Waals surface area (Å²) >= 11 is 0. The van der Waals surface area contributed by atoms with Crippen LogP contribution in [0.2, 0.25) is 0 Å². The Bertz CT molecular complexity index is 133. The van der Waals surface area contributed by atoms with Gasteiger partial charge in [0.1, 0.15) is 0 Å². The van der Waals surface area contributed by atoms with Crippen LogP contribution in [0.3, 0.4) is 0 Å². The van der Waals surface area contributed by atoms with E-state index in [0.717, 1.165) is 6.42 Å². The van der Waals surface area contributed by atoms with Gasteiger partial charge in [-0.3, -0.25) is 4.79 Å². The van der Waals surface area contributed by atoms with Crippen molar-refractivity contribution in [3.8, 4) is 0 Å². The Morgan fingerprint density at radius 2 is 2.40 bits per heavy atom. The summed E-state index contributed by atoms with van der Waals surface area (Å²) < 4.78 is 4.79. The monoisotopic (exact) mass is 144 g/mol. The van der Waals surface area contributed by atoms with E-state index in [1.54, 1.807) is 6.92 Å².